The van der Waals surface area contributed by atoms with E-state index in [9.17, 15) is 13.2 Å². The third-order valence-electron chi connectivity index (χ3n) is 2.53. The molecule has 2 rings (SSSR count). The largest absolute Gasteiger partial charge is 0.384 e. The van der Waals surface area contributed by atoms with Gasteiger partial charge in [-0.15, -0.1) is 0 Å². The van der Waals surface area contributed by atoms with Crippen molar-refractivity contribution in [1.29, 1.82) is 0 Å². The zero-order valence-corrected chi connectivity index (χ0v) is 11.2. The highest BCUT2D eigenvalue weighted by molar-refractivity contribution is 5.59. The Hall–Kier alpha value is -2.35. The summed E-state index contributed by atoms with van der Waals surface area (Å²) in [6.45, 7) is 2.41. The summed E-state index contributed by atoms with van der Waals surface area (Å²) in [5.74, 6) is -3.57. The molecule has 5 nitrogen and oxygen atoms in total. The molecule has 21 heavy (non-hydrogen) atoms. The van der Waals surface area contributed by atoms with Gasteiger partial charge >= 0.3 is 0 Å². The maximum Gasteiger partial charge on any atom is 0.196 e. The molecule has 0 atom stereocenters. The van der Waals surface area contributed by atoms with Gasteiger partial charge in [-0.25, -0.2) is 23.1 Å². The summed E-state index contributed by atoms with van der Waals surface area (Å²) in [5, 5.41) is 2.53. The predicted octanol–water partition coefficient (Wildman–Crippen LogP) is 2.76. The van der Waals surface area contributed by atoms with E-state index in [0.717, 1.165) is 12.1 Å². The van der Waals surface area contributed by atoms with Crippen molar-refractivity contribution in [3.63, 3.8) is 0 Å². The Labute approximate surface area is 119 Å². The molecule has 0 aliphatic heterocycles. The van der Waals surface area contributed by atoms with Crippen LogP contribution in [0, 0.1) is 17.5 Å². The number of benzene rings is 1. The first-order valence-corrected chi connectivity index (χ1v) is 6.13. The average molecular weight is 298 g/mol. The summed E-state index contributed by atoms with van der Waals surface area (Å²) >= 11 is 0. The number of hydrogen-bond acceptors (Lipinski definition) is 5. The Morgan fingerprint density at radius 2 is 1.95 bits per heavy atom. The zero-order valence-electron chi connectivity index (χ0n) is 11.2. The van der Waals surface area contributed by atoms with Gasteiger partial charge in [0.1, 0.15) is 18.2 Å². The first-order chi connectivity index (χ1) is 10.0. The van der Waals surface area contributed by atoms with Crippen molar-refractivity contribution in [2.24, 2.45) is 0 Å². The van der Waals surface area contributed by atoms with Gasteiger partial charge in [0.25, 0.3) is 0 Å². The van der Waals surface area contributed by atoms with E-state index in [4.69, 9.17) is 10.5 Å². The fourth-order valence-corrected chi connectivity index (χ4v) is 1.60. The quantitative estimate of drug-likeness (QED) is 0.830. The van der Waals surface area contributed by atoms with E-state index >= 15 is 0 Å². The van der Waals surface area contributed by atoms with Crippen LogP contribution in [-0.2, 0) is 11.3 Å². The molecule has 0 amide bonds. The molecular weight excluding hydrogens is 285 g/mol. The highest BCUT2D eigenvalue weighted by Crippen LogP contribution is 2.23. The number of nitrogen functional groups attached to an aromatic ring is 1. The van der Waals surface area contributed by atoms with Crippen LogP contribution in [0.15, 0.2) is 18.2 Å². The number of hydrogen-bond donors (Lipinski definition) is 2. The normalized spacial score (nSPS) is 10.7. The molecule has 0 radical (unpaired) electrons. The van der Waals surface area contributed by atoms with Crippen molar-refractivity contribution in [3.8, 4) is 0 Å². The van der Waals surface area contributed by atoms with Crippen LogP contribution < -0.4 is 11.1 Å². The van der Waals surface area contributed by atoms with Crippen LogP contribution in [0.5, 0.6) is 0 Å². The first kappa shape index (κ1) is 15.0. The van der Waals surface area contributed by atoms with Gasteiger partial charge in [0.15, 0.2) is 23.3 Å². The molecule has 8 heteroatoms. The van der Waals surface area contributed by atoms with E-state index < -0.39 is 17.5 Å². The lowest BCUT2D eigenvalue weighted by atomic mass is 10.2. The molecule has 1 aromatic heterocycles. The summed E-state index contributed by atoms with van der Waals surface area (Å²) in [7, 11) is 0. The standard InChI is InChI=1S/C13H13F3N4O/c1-2-21-6-11-19-9(17)5-10(20-11)18-8-4-3-7(14)12(15)13(8)16/h3-5H,2,6H2,1H3,(H3,17,18,19,20). The van der Waals surface area contributed by atoms with E-state index in [1.165, 1.54) is 6.07 Å². The van der Waals surface area contributed by atoms with Gasteiger partial charge in [-0.3, -0.25) is 0 Å². The highest BCUT2D eigenvalue weighted by Gasteiger charge is 2.14. The van der Waals surface area contributed by atoms with Crippen LogP contribution in [0.3, 0.4) is 0 Å². The molecule has 0 unspecified atom stereocenters. The summed E-state index contributed by atoms with van der Waals surface area (Å²) in [6, 6.07) is 3.22. The molecule has 0 saturated heterocycles. The smallest absolute Gasteiger partial charge is 0.196 e. The molecule has 1 heterocycles. The molecule has 2 aromatic rings. The van der Waals surface area contributed by atoms with Gasteiger partial charge in [0.05, 0.1) is 5.69 Å². The van der Waals surface area contributed by atoms with Crippen molar-refractivity contribution in [3.05, 3.63) is 41.5 Å². The molecule has 0 bridgehead atoms. The number of ether oxygens (including phenoxy) is 1. The van der Waals surface area contributed by atoms with E-state index in [1.54, 1.807) is 0 Å². The van der Waals surface area contributed by atoms with Crippen molar-refractivity contribution in [2.45, 2.75) is 13.5 Å². The van der Waals surface area contributed by atoms with Gasteiger partial charge < -0.3 is 15.8 Å². The Bertz CT molecular complexity index is 652. The number of rotatable bonds is 5. The number of anilines is 3. The monoisotopic (exact) mass is 298 g/mol. The SMILES string of the molecule is CCOCc1nc(N)cc(Nc2ccc(F)c(F)c2F)n1. The molecule has 0 aliphatic rings. The Morgan fingerprint density at radius 1 is 1.19 bits per heavy atom. The van der Waals surface area contributed by atoms with E-state index in [1.807, 2.05) is 6.92 Å². The lowest BCUT2D eigenvalue weighted by molar-refractivity contribution is 0.128. The van der Waals surface area contributed by atoms with Crippen molar-refractivity contribution < 1.29 is 17.9 Å². The Morgan fingerprint density at radius 3 is 2.67 bits per heavy atom. The molecule has 1 aromatic carbocycles. The maximum absolute atomic E-state index is 13.6. The number of aromatic nitrogens is 2. The van der Waals surface area contributed by atoms with E-state index in [-0.39, 0.29) is 23.9 Å². The third kappa shape index (κ3) is 3.60. The molecule has 0 saturated carbocycles. The molecule has 0 aliphatic carbocycles. The summed E-state index contributed by atoms with van der Waals surface area (Å²) in [5.41, 5.74) is 5.35. The fraction of sp³-hybridized carbons (Fsp3) is 0.231. The van der Waals surface area contributed by atoms with Gasteiger partial charge in [-0.2, -0.15) is 0 Å². The average Bonchev–Trinajstić information content (AvgIpc) is 2.45. The van der Waals surface area contributed by atoms with Gasteiger partial charge in [0, 0.05) is 12.7 Å². The molecule has 0 spiro atoms. The van der Waals surface area contributed by atoms with Gasteiger partial charge in [0.2, 0.25) is 0 Å². The third-order valence-corrected chi connectivity index (χ3v) is 2.53. The number of nitrogens with two attached hydrogens (primary N) is 1. The van der Waals surface area contributed by atoms with E-state index in [2.05, 4.69) is 15.3 Å². The van der Waals surface area contributed by atoms with Gasteiger partial charge in [-0.1, -0.05) is 0 Å². The zero-order chi connectivity index (χ0) is 15.4. The number of nitrogens with one attached hydrogen (secondary N) is 1. The molecule has 0 fully saturated rings. The van der Waals surface area contributed by atoms with Crippen molar-refractivity contribution >= 4 is 17.3 Å². The second-order valence-electron chi connectivity index (χ2n) is 4.08. The van der Waals surface area contributed by atoms with Gasteiger partial charge in [-0.05, 0) is 19.1 Å². The van der Waals surface area contributed by atoms with Crippen LogP contribution in [0.25, 0.3) is 0 Å². The fourth-order valence-electron chi connectivity index (χ4n) is 1.60. The Balaban J connectivity index is 2.27. The number of halogens is 3. The maximum atomic E-state index is 13.6. The second-order valence-corrected chi connectivity index (χ2v) is 4.08. The van der Waals surface area contributed by atoms with Crippen LogP contribution in [0.2, 0.25) is 0 Å². The van der Waals surface area contributed by atoms with Crippen LogP contribution in [0.4, 0.5) is 30.5 Å². The highest BCUT2D eigenvalue weighted by atomic mass is 19.2. The lowest BCUT2D eigenvalue weighted by Gasteiger charge is -2.10. The predicted molar refractivity (Wildman–Crippen MR) is 71.4 cm³/mol. The summed E-state index contributed by atoms with van der Waals surface area (Å²) in [4.78, 5) is 7.99. The van der Waals surface area contributed by atoms with Crippen LogP contribution >= 0.6 is 0 Å². The number of nitrogens with zero attached hydrogens (tertiary/aromatic N) is 2. The summed E-state index contributed by atoms with van der Waals surface area (Å²) < 4.78 is 44.7. The first-order valence-electron chi connectivity index (χ1n) is 6.13. The minimum Gasteiger partial charge on any atom is -0.384 e. The van der Waals surface area contributed by atoms with E-state index in [0.29, 0.717) is 12.4 Å². The molecule has 3 N–H and O–H groups in total. The lowest BCUT2D eigenvalue weighted by Crippen LogP contribution is -2.06. The van der Waals surface area contributed by atoms with Crippen LogP contribution in [0.1, 0.15) is 12.7 Å². The molecule has 112 valence electrons. The van der Waals surface area contributed by atoms with Crippen LogP contribution in [-0.4, -0.2) is 16.6 Å². The van der Waals surface area contributed by atoms with Crippen molar-refractivity contribution in [2.75, 3.05) is 17.7 Å². The summed E-state index contributed by atoms with van der Waals surface area (Å²) in [6.07, 6.45) is 0. The minimum absolute atomic E-state index is 0.135. The van der Waals surface area contributed by atoms with Crippen molar-refractivity contribution in [1.82, 2.24) is 9.97 Å². The topological polar surface area (TPSA) is 73.1 Å². The minimum atomic E-state index is -1.56. The second kappa shape index (κ2) is 6.40. The Kier molecular flexibility index (Phi) is 4.59. The molecular formula is C13H13F3N4O.